The standard InChI is InChI=1S/C23H27N9O2/c1-11-9-25-21(20-17(11)18-14(10-31(4)30-18)12(2)32(20)5)26-15-8-16(27-22(33)13-6-7-13)28-29-19(15)23(34)24-3/h8-10,12-13H,6-7H2,1-5H3,(H,24,34)(H2,25,26,27,28,33)/t12-/m1/s1/i3D3. The van der Waals surface area contributed by atoms with E-state index in [0.29, 0.717) is 5.82 Å². The lowest BCUT2D eigenvalue weighted by molar-refractivity contribution is -0.117. The SMILES string of the molecule is [2H]C([2H])([2H])NC(=O)c1nnc(NC(=O)C2CC2)cc1Nc1ncc(C)c2c1N(C)[C@H](C)c1cn(C)nc1-2. The van der Waals surface area contributed by atoms with Crippen molar-refractivity contribution in [2.45, 2.75) is 32.7 Å². The number of aryl methyl sites for hydroxylation is 2. The minimum atomic E-state index is -2.72. The van der Waals surface area contributed by atoms with Crippen LogP contribution in [0.1, 0.15) is 51.5 Å². The van der Waals surface area contributed by atoms with Crippen LogP contribution < -0.4 is 20.9 Å². The Labute approximate surface area is 201 Å². The van der Waals surface area contributed by atoms with Gasteiger partial charge in [-0.3, -0.25) is 14.3 Å². The van der Waals surface area contributed by atoms with Crippen molar-refractivity contribution in [2.24, 2.45) is 13.0 Å². The summed E-state index contributed by atoms with van der Waals surface area (Å²) in [5, 5.41) is 20.4. The Hall–Kier alpha value is -4.02. The number of anilines is 4. The molecule has 2 amide bonds. The lowest BCUT2D eigenvalue weighted by atomic mass is 9.93. The van der Waals surface area contributed by atoms with Crippen molar-refractivity contribution in [1.29, 1.82) is 0 Å². The summed E-state index contributed by atoms with van der Waals surface area (Å²) in [7, 11) is 3.82. The minimum absolute atomic E-state index is 0.0114. The number of pyridine rings is 1. The van der Waals surface area contributed by atoms with E-state index in [-0.39, 0.29) is 35.1 Å². The molecule has 0 saturated heterocycles. The van der Waals surface area contributed by atoms with Gasteiger partial charge in [0.25, 0.3) is 5.91 Å². The number of hydrogen-bond donors (Lipinski definition) is 3. The van der Waals surface area contributed by atoms with E-state index in [2.05, 4.69) is 42.7 Å². The zero-order valence-corrected chi connectivity index (χ0v) is 19.3. The highest BCUT2D eigenvalue weighted by Gasteiger charge is 2.33. The summed E-state index contributed by atoms with van der Waals surface area (Å²) < 4.78 is 24.0. The van der Waals surface area contributed by atoms with E-state index < -0.39 is 12.9 Å². The molecule has 1 aliphatic heterocycles. The molecule has 2 aliphatic rings. The lowest BCUT2D eigenvalue weighted by Crippen LogP contribution is -2.28. The quantitative estimate of drug-likeness (QED) is 0.525. The summed E-state index contributed by atoms with van der Waals surface area (Å²) in [4.78, 5) is 31.8. The number of carbonyl (C=O) groups is 2. The number of aromatic nitrogens is 5. The number of amides is 2. The smallest absolute Gasteiger partial charge is 0.273 e. The second-order valence-electron chi connectivity index (χ2n) is 8.74. The zero-order valence-electron chi connectivity index (χ0n) is 22.3. The highest BCUT2D eigenvalue weighted by molar-refractivity contribution is 6.01. The molecule has 1 fully saturated rings. The predicted octanol–water partition coefficient (Wildman–Crippen LogP) is 2.54. The fourth-order valence-corrected chi connectivity index (χ4v) is 4.21. The maximum atomic E-state index is 12.8. The fourth-order valence-electron chi connectivity index (χ4n) is 4.21. The Balaban J connectivity index is 1.59. The molecule has 34 heavy (non-hydrogen) atoms. The molecule has 0 bridgehead atoms. The topological polar surface area (TPSA) is 130 Å². The fraction of sp³-hybridized carbons (Fsp3) is 0.391. The van der Waals surface area contributed by atoms with Gasteiger partial charge in [-0.15, -0.1) is 10.2 Å². The van der Waals surface area contributed by atoms with Crippen molar-refractivity contribution in [3.8, 4) is 11.3 Å². The van der Waals surface area contributed by atoms with Gasteiger partial charge < -0.3 is 20.9 Å². The molecule has 1 atom stereocenters. The molecule has 1 aliphatic carbocycles. The molecule has 0 spiro atoms. The average Bonchev–Trinajstić information content (AvgIpc) is 3.59. The van der Waals surface area contributed by atoms with Gasteiger partial charge in [-0.05, 0) is 32.3 Å². The molecule has 176 valence electrons. The number of nitrogens with one attached hydrogen (secondary N) is 3. The van der Waals surface area contributed by atoms with Gasteiger partial charge >= 0.3 is 0 Å². The van der Waals surface area contributed by atoms with Crippen LogP contribution in [0.4, 0.5) is 23.0 Å². The van der Waals surface area contributed by atoms with Gasteiger partial charge in [0, 0.05) is 60.7 Å². The van der Waals surface area contributed by atoms with Crippen molar-refractivity contribution in [3.05, 3.63) is 35.3 Å². The van der Waals surface area contributed by atoms with Crippen LogP contribution in [0.3, 0.4) is 0 Å². The van der Waals surface area contributed by atoms with Gasteiger partial charge in [0.1, 0.15) is 5.69 Å². The van der Waals surface area contributed by atoms with E-state index in [1.807, 2.05) is 32.5 Å². The Morgan fingerprint density at radius 2 is 2.03 bits per heavy atom. The molecule has 5 rings (SSSR count). The second kappa shape index (κ2) is 8.08. The summed E-state index contributed by atoms with van der Waals surface area (Å²) in [6.45, 7) is 1.29. The van der Waals surface area contributed by atoms with Crippen molar-refractivity contribution >= 4 is 34.8 Å². The van der Waals surface area contributed by atoms with Gasteiger partial charge in [-0.2, -0.15) is 5.10 Å². The third kappa shape index (κ3) is 3.62. The first-order valence-electron chi connectivity index (χ1n) is 12.5. The van der Waals surface area contributed by atoms with Gasteiger partial charge in [-0.25, -0.2) is 4.98 Å². The highest BCUT2D eigenvalue weighted by Crippen LogP contribution is 2.48. The van der Waals surface area contributed by atoms with Gasteiger partial charge in [0.05, 0.1) is 17.4 Å². The Morgan fingerprint density at radius 3 is 2.76 bits per heavy atom. The van der Waals surface area contributed by atoms with Crippen LogP contribution in [0.25, 0.3) is 11.3 Å². The van der Waals surface area contributed by atoms with Crippen LogP contribution in [0, 0.1) is 12.8 Å². The zero-order chi connectivity index (χ0) is 26.6. The van der Waals surface area contributed by atoms with Gasteiger partial charge in [-0.1, -0.05) is 0 Å². The summed E-state index contributed by atoms with van der Waals surface area (Å²) in [6, 6.07) is 1.44. The van der Waals surface area contributed by atoms with E-state index >= 15 is 0 Å². The first kappa shape index (κ1) is 18.4. The normalized spacial score (nSPS) is 18.2. The molecule has 11 heteroatoms. The largest absolute Gasteiger partial charge is 0.364 e. The van der Waals surface area contributed by atoms with Crippen LogP contribution in [0.2, 0.25) is 0 Å². The summed E-state index contributed by atoms with van der Waals surface area (Å²) in [6.07, 6.45) is 5.31. The maximum absolute atomic E-state index is 12.8. The van der Waals surface area contributed by atoms with Crippen molar-refractivity contribution in [2.75, 3.05) is 29.6 Å². The average molecular weight is 465 g/mol. The third-order valence-electron chi connectivity index (χ3n) is 6.30. The van der Waals surface area contributed by atoms with E-state index in [1.165, 1.54) is 6.07 Å². The Morgan fingerprint density at radius 1 is 1.24 bits per heavy atom. The van der Waals surface area contributed by atoms with Gasteiger partial charge in [0.15, 0.2) is 17.3 Å². The second-order valence-corrected chi connectivity index (χ2v) is 8.74. The van der Waals surface area contributed by atoms with Crippen molar-refractivity contribution < 1.29 is 13.7 Å². The van der Waals surface area contributed by atoms with Crippen molar-refractivity contribution in [3.63, 3.8) is 0 Å². The predicted molar refractivity (Wildman–Crippen MR) is 128 cm³/mol. The molecule has 0 aromatic carbocycles. The molecule has 3 N–H and O–H groups in total. The van der Waals surface area contributed by atoms with E-state index in [0.717, 1.165) is 40.9 Å². The van der Waals surface area contributed by atoms with Crippen LogP contribution >= 0.6 is 0 Å². The van der Waals surface area contributed by atoms with Crippen LogP contribution in [-0.4, -0.2) is 50.8 Å². The first-order chi connectivity index (χ1) is 17.4. The summed E-state index contributed by atoms with van der Waals surface area (Å²) in [5.41, 5.74) is 4.40. The first-order valence-corrected chi connectivity index (χ1v) is 11.0. The molecule has 4 heterocycles. The van der Waals surface area contributed by atoms with E-state index in [1.54, 1.807) is 10.9 Å². The maximum Gasteiger partial charge on any atom is 0.273 e. The molecular formula is C23H27N9O2. The van der Waals surface area contributed by atoms with Crippen LogP contribution in [-0.2, 0) is 11.8 Å². The van der Waals surface area contributed by atoms with Crippen molar-refractivity contribution in [1.82, 2.24) is 30.3 Å². The monoisotopic (exact) mass is 464 g/mol. The van der Waals surface area contributed by atoms with E-state index in [9.17, 15) is 9.59 Å². The van der Waals surface area contributed by atoms with E-state index in [4.69, 9.17) is 4.11 Å². The van der Waals surface area contributed by atoms with Crippen LogP contribution in [0.5, 0.6) is 0 Å². The van der Waals surface area contributed by atoms with Gasteiger partial charge in [0.2, 0.25) is 5.91 Å². The lowest BCUT2D eigenvalue weighted by Gasteiger charge is -2.35. The molecule has 11 nitrogen and oxygen atoms in total. The Bertz CT molecular complexity index is 1420. The number of nitrogens with zero attached hydrogens (tertiary/aromatic N) is 6. The molecule has 3 aromatic rings. The molecule has 3 aromatic heterocycles. The summed E-state index contributed by atoms with van der Waals surface area (Å²) >= 11 is 0. The number of hydrogen-bond acceptors (Lipinski definition) is 8. The third-order valence-corrected chi connectivity index (χ3v) is 6.30. The molecule has 1 saturated carbocycles. The summed E-state index contributed by atoms with van der Waals surface area (Å²) in [5.74, 6) is -0.627. The molecular weight excluding hydrogens is 434 g/mol. The number of fused-ring (bicyclic) bond motifs is 3. The number of rotatable bonds is 5. The minimum Gasteiger partial charge on any atom is -0.364 e. The molecule has 0 unspecified atom stereocenters. The highest BCUT2D eigenvalue weighted by atomic mass is 16.2. The number of carbonyl (C=O) groups excluding carboxylic acids is 2. The van der Waals surface area contributed by atoms with Crippen LogP contribution in [0.15, 0.2) is 18.5 Å². The Kier molecular flexibility index (Phi) is 4.38. The molecule has 0 radical (unpaired) electrons.